The van der Waals surface area contributed by atoms with Crippen LogP contribution in [-0.2, 0) is 14.3 Å². The summed E-state index contributed by atoms with van der Waals surface area (Å²) in [5.41, 5.74) is 1.05. The molecule has 1 amide bonds. The second kappa shape index (κ2) is 13.2. The van der Waals surface area contributed by atoms with Gasteiger partial charge >= 0.3 is 6.18 Å². The van der Waals surface area contributed by atoms with Gasteiger partial charge < -0.3 is 24.4 Å². The number of carbonyl (C=O) groups excluding carboxylic acids is 1. The number of ether oxygens (including phenoxy) is 2. The number of aliphatic hydroxyl groups excluding tert-OH is 1. The number of hydrogen-bond donors (Lipinski definition) is 2. The van der Waals surface area contributed by atoms with Crippen LogP contribution in [0.25, 0.3) is 6.08 Å². The van der Waals surface area contributed by atoms with Crippen molar-refractivity contribution in [2.24, 2.45) is 17.3 Å². The molecule has 2 aliphatic heterocycles. The van der Waals surface area contributed by atoms with Crippen molar-refractivity contribution in [1.82, 2.24) is 5.32 Å². The molecular weight excluding hydrogens is 689 g/mol. The summed E-state index contributed by atoms with van der Waals surface area (Å²) in [6.07, 6.45) is 3.06. The summed E-state index contributed by atoms with van der Waals surface area (Å²) in [7, 11) is 1.36. The van der Waals surface area contributed by atoms with E-state index < -0.39 is 34.9 Å². The molecule has 2 saturated heterocycles. The molecule has 3 aromatic carbocycles. The first kappa shape index (κ1) is 35.5. The maximum atomic E-state index is 14.5. The Morgan fingerprint density at radius 2 is 1.63 bits per heavy atom. The predicted octanol–water partition coefficient (Wildman–Crippen LogP) is 8.63. The van der Waals surface area contributed by atoms with Crippen molar-refractivity contribution in [3.8, 4) is 0 Å². The van der Waals surface area contributed by atoms with Gasteiger partial charge in [-0.05, 0) is 54.0 Å². The van der Waals surface area contributed by atoms with Crippen LogP contribution in [0.4, 0.5) is 13.2 Å². The Morgan fingerprint density at radius 1 is 0.981 bits per heavy atom. The standard InChI is InChI=1S/C45H47F3N2O4/c1-53-44(49-42(52)36(45(46,47)48)24-29-12-5-2-6-13-29)26-38(51)33-25-37-35-18-11-19-39-43(35,40(33)41(44)54-39)22-23-50(37,27-30-20-21-30)28-34(31-14-7-3-8-15-31)32-16-9-4-10-17-32/h2-10,12-17,24,26,30,34-35,37,39,41H,11,18-23,25,27-28H2,1H3,(H-,49,51,52)/p+1/t35-,37+,39-,41?,43+,44?,50?/m0/s1. The summed E-state index contributed by atoms with van der Waals surface area (Å²) in [4.78, 5) is 13.8. The van der Waals surface area contributed by atoms with Gasteiger partial charge in [0.1, 0.15) is 17.4 Å². The number of quaternary nitrogens is 1. The third-order valence-corrected chi connectivity index (χ3v) is 13.8. The first-order valence-corrected chi connectivity index (χ1v) is 19.6. The lowest BCUT2D eigenvalue weighted by atomic mass is 9.49. The summed E-state index contributed by atoms with van der Waals surface area (Å²) < 4.78 is 57.5. The van der Waals surface area contributed by atoms with E-state index in [0.29, 0.717) is 12.3 Å². The van der Waals surface area contributed by atoms with E-state index in [1.54, 1.807) is 18.2 Å². The molecule has 0 aromatic heterocycles. The second-order valence-corrected chi connectivity index (χ2v) is 16.6. The van der Waals surface area contributed by atoms with Crippen molar-refractivity contribution in [2.75, 3.05) is 26.7 Å². The van der Waals surface area contributed by atoms with Crippen molar-refractivity contribution < 1.29 is 37.0 Å². The molecule has 1 spiro atoms. The van der Waals surface area contributed by atoms with Gasteiger partial charge in [0.15, 0.2) is 5.72 Å². The molecule has 9 heteroatoms. The number of halogens is 3. The van der Waals surface area contributed by atoms with E-state index in [2.05, 4.69) is 66.0 Å². The Kier molecular flexibility index (Phi) is 8.71. The number of rotatable bonds is 10. The molecule has 2 heterocycles. The highest BCUT2D eigenvalue weighted by Crippen LogP contribution is 2.68. The monoisotopic (exact) mass is 737 g/mol. The zero-order valence-corrected chi connectivity index (χ0v) is 30.6. The smallest absolute Gasteiger partial charge is 0.421 e. The minimum absolute atomic E-state index is 0.0317. The first-order chi connectivity index (χ1) is 26.1. The van der Waals surface area contributed by atoms with Crippen LogP contribution in [0.1, 0.15) is 67.6 Å². The summed E-state index contributed by atoms with van der Waals surface area (Å²) in [6, 6.07) is 29.9. The third-order valence-electron chi connectivity index (χ3n) is 13.8. The summed E-state index contributed by atoms with van der Waals surface area (Å²) in [5, 5.41) is 14.7. The van der Waals surface area contributed by atoms with Crippen LogP contribution in [0.3, 0.4) is 0 Å². The number of likely N-dealkylation sites (tertiary alicyclic amines) is 1. The zero-order chi connectivity index (χ0) is 37.3. The van der Waals surface area contributed by atoms with Gasteiger partial charge in [0.2, 0.25) is 0 Å². The Labute approximate surface area is 314 Å². The summed E-state index contributed by atoms with van der Waals surface area (Å²) in [5.74, 6) is -0.234. The predicted molar refractivity (Wildman–Crippen MR) is 200 cm³/mol. The number of alkyl halides is 3. The van der Waals surface area contributed by atoms with Crippen LogP contribution < -0.4 is 5.32 Å². The van der Waals surface area contributed by atoms with Crippen LogP contribution in [0, 0.1) is 17.3 Å². The van der Waals surface area contributed by atoms with Gasteiger partial charge in [-0.3, -0.25) is 4.79 Å². The van der Waals surface area contributed by atoms with Crippen molar-refractivity contribution in [3.05, 3.63) is 136 Å². The number of hydrogen-bond acceptors (Lipinski definition) is 4. The molecule has 4 fully saturated rings. The van der Waals surface area contributed by atoms with Gasteiger partial charge in [-0.1, -0.05) is 97.4 Å². The Hall–Kier alpha value is -4.18. The van der Waals surface area contributed by atoms with E-state index in [1.807, 2.05) is 0 Å². The van der Waals surface area contributed by atoms with Gasteiger partial charge in [0, 0.05) is 48.9 Å². The van der Waals surface area contributed by atoms with Crippen molar-refractivity contribution in [1.29, 1.82) is 0 Å². The zero-order valence-electron chi connectivity index (χ0n) is 30.6. The van der Waals surface area contributed by atoms with Gasteiger partial charge in [-0.2, -0.15) is 13.2 Å². The van der Waals surface area contributed by atoms with Crippen LogP contribution >= 0.6 is 0 Å². The minimum Gasteiger partial charge on any atom is -0.508 e. The van der Waals surface area contributed by atoms with Crippen molar-refractivity contribution in [3.63, 3.8) is 0 Å². The molecule has 9 rings (SSSR count). The van der Waals surface area contributed by atoms with Crippen molar-refractivity contribution >= 4 is 12.0 Å². The molecule has 0 radical (unpaired) electrons. The maximum Gasteiger partial charge on any atom is 0.421 e. The van der Waals surface area contributed by atoms with E-state index in [9.17, 15) is 23.1 Å². The molecule has 2 N–H and O–H groups in total. The molecular formula is C45H48F3N2O4+. The molecule has 2 bridgehead atoms. The summed E-state index contributed by atoms with van der Waals surface area (Å²) in [6.45, 7) is 3.00. The third kappa shape index (κ3) is 5.77. The van der Waals surface area contributed by atoms with Gasteiger partial charge in [-0.15, -0.1) is 0 Å². The number of nitrogens with one attached hydrogen (secondary N) is 1. The number of carbonyl (C=O) groups is 1. The largest absolute Gasteiger partial charge is 0.508 e. The van der Waals surface area contributed by atoms with E-state index >= 15 is 0 Å². The highest BCUT2D eigenvalue weighted by molar-refractivity contribution is 5.99. The molecule has 6 nitrogen and oxygen atoms in total. The van der Waals surface area contributed by atoms with E-state index in [1.165, 1.54) is 49.3 Å². The molecule has 282 valence electrons. The minimum atomic E-state index is -4.93. The Bertz CT molecular complexity index is 1960. The van der Waals surface area contributed by atoms with E-state index in [-0.39, 0.29) is 35.3 Å². The molecule has 54 heavy (non-hydrogen) atoms. The second-order valence-electron chi connectivity index (χ2n) is 16.6. The molecule has 6 aliphatic rings. The molecule has 3 unspecified atom stereocenters. The highest BCUT2D eigenvalue weighted by Gasteiger charge is 2.72. The fourth-order valence-corrected chi connectivity index (χ4v) is 11.3. The maximum absolute atomic E-state index is 14.5. The average molecular weight is 738 g/mol. The fraction of sp³-hybridized carbons (Fsp3) is 0.444. The van der Waals surface area contributed by atoms with Crippen LogP contribution in [0.15, 0.2) is 120 Å². The Balaban J connectivity index is 1.11. The molecule has 4 aliphatic carbocycles. The molecule has 7 atom stereocenters. The van der Waals surface area contributed by atoms with Crippen LogP contribution in [0.5, 0.6) is 0 Å². The number of aliphatic hydroxyl groups is 1. The number of allylic oxidation sites excluding steroid dienone is 1. The summed E-state index contributed by atoms with van der Waals surface area (Å²) >= 11 is 0. The van der Waals surface area contributed by atoms with Gasteiger partial charge in [0.25, 0.3) is 5.91 Å². The highest BCUT2D eigenvalue weighted by atomic mass is 19.4. The first-order valence-electron chi connectivity index (χ1n) is 19.6. The number of piperidine rings is 1. The van der Waals surface area contributed by atoms with E-state index in [0.717, 1.165) is 67.0 Å². The molecule has 3 aromatic rings. The van der Waals surface area contributed by atoms with Gasteiger partial charge in [0.05, 0.1) is 37.7 Å². The van der Waals surface area contributed by atoms with Gasteiger partial charge in [-0.25, -0.2) is 0 Å². The number of methoxy groups -OCH3 is 1. The SMILES string of the molecule is COC1(NC(=O)C(=Cc2ccccc2)C(F)(F)F)C=C(O)C2=C3C1O[C@H]1CCC[C@H]4[C@@H](C2)[N+](CC2CC2)(CC(c2ccccc2)c2ccccc2)CC[C@]314. The number of nitrogens with zero attached hydrogens (tertiary/aromatic N) is 1. The van der Waals surface area contributed by atoms with Crippen molar-refractivity contribution in [2.45, 2.75) is 81.0 Å². The quantitative estimate of drug-likeness (QED) is 0.124. The average Bonchev–Trinajstić information content (AvgIpc) is 3.93. The number of benzene rings is 3. The topological polar surface area (TPSA) is 67.8 Å². The lowest BCUT2D eigenvalue weighted by Gasteiger charge is -2.63. The lowest BCUT2D eigenvalue weighted by molar-refractivity contribution is -0.965. The lowest BCUT2D eigenvalue weighted by Crippen LogP contribution is -2.71. The fourth-order valence-electron chi connectivity index (χ4n) is 11.3. The normalized spacial score (nSPS) is 33.0. The Morgan fingerprint density at radius 3 is 2.24 bits per heavy atom. The number of amides is 1. The van der Waals surface area contributed by atoms with Crippen LogP contribution in [0.2, 0.25) is 0 Å². The van der Waals surface area contributed by atoms with E-state index in [4.69, 9.17) is 9.47 Å². The van der Waals surface area contributed by atoms with Crippen LogP contribution in [-0.4, -0.2) is 72.4 Å². The molecule has 2 saturated carbocycles.